The minimum atomic E-state index is -0.454. The smallest absolute Gasteiger partial charge is 0.410 e. The summed E-state index contributed by atoms with van der Waals surface area (Å²) < 4.78 is 31.0. The van der Waals surface area contributed by atoms with E-state index in [0.29, 0.717) is 64.5 Å². The van der Waals surface area contributed by atoms with Gasteiger partial charge in [-0.05, 0) is 125 Å². The summed E-state index contributed by atoms with van der Waals surface area (Å²) in [7, 11) is 10.4. The average molecular weight is 1100 g/mol. The number of amides is 5. The van der Waals surface area contributed by atoms with Crippen LogP contribution in [0.2, 0.25) is 0 Å². The van der Waals surface area contributed by atoms with Crippen molar-refractivity contribution in [1.29, 1.82) is 0 Å². The van der Waals surface area contributed by atoms with E-state index < -0.39 is 28.0 Å². The van der Waals surface area contributed by atoms with Gasteiger partial charge in [0.15, 0.2) is 0 Å². The Morgan fingerprint density at radius 1 is 0.421 bits per heavy atom. The highest BCUT2D eigenvalue weighted by molar-refractivity contribution is 5.69. The van der Waals surface area contributed by atoms with Gasteiger partial charge in [-0.3, -0.25) is 0 Å². The molecule has 0 aromatic carbocycles. The van der Waals surface area contributed by atoms with E-state index in [2.05, 4.69) is 54.3 Å². The Bertz CT molecular complexity index is 1490. The van der Waals surface area contributed by atoms with Crippen molar-refractivity contribution in [3.05, 3.63) is 0 Å². The van der Waals surface area contributed by atoms with Gasteiger partial charge in [-0.1, -0.05) is 27.7 Å². The Labute approximate surface area is 463 Å². The molecule has 0 atom stereocenters. The summed E-state index contributed by atoms with van der Waals surface area (Å²) in [6, 6.07) is 1.03. The van der Waals surface area contributed by atoms with Crippen LogP contribution in [-0.4, -0.2) is 240 Å². The van der Waals surface area contributed by atoms with E-state index in [1.165, 1.54) is 4.90 Å². The maximum atomic E-state index is 12.0. The van der Waals surface area contributed by atoms with Crippen LogP contribution in [0.1, 0.15) is 145 Å². The highest BCUT2D eigenvalue weighted by Gasteiger charge is 2.25. The molecule has 0 radical (unpaired) electrons. The second-order valence-corrected chi connectivity index (χ2v) is 23.9. The van der Waals surface area contributed by atoms with Crippen LogP contribution < -0.4 is 26.6 Å². The van der Waals surface area contributed by atoms with E-state index in [-0.39, 0.29) is 43.1 Å². The minimum Gasteiger partial charge on any atom is -0.444 e. The standard InChI is InChI=1S/C13H28N2O2.C11H24N2O3.C11H24N2O2.C10H22N2O3.C9H20N2O2/c1-10(2)14-8-9-15(11(3)4)12(16)17-13(5,6)7;1-11(2,3)16-10(14)13(4)8-6-12-7-9-15-5;1-9(2)12-7-8-13(6)10(14)15-11(3,4)5;1-10(2,3)15-9(14)12(4)7-5-11-6-8-13;1-9(2,3)13-8(12)11(5)7-6-10-4/h10-11,14H,8-9H2,1-7H3;12H,6-9H2,1-5H3;9,12H,7-8H2,1-6H3;11,13H,5-8H2,1-4H3;10H,6-7H2,1-5H3. The van der Waals surface area contributed by atoms with Crippen LogP contribution in [0.25, 0.3) is 0 Å². The number of nitrogens with one attached hydrogen (secondary N) is 5. The number of carbonyl (C=O) groups is 5. The fourth-order valence-electron chi connectivity index (χ4n) is 4.88. The van der Waals surface area contributed by atoms with Crippen LogP contribution in [0.3, 0.4) is 0 Å². The van der Waals surface area contributed by atoms with E-state index in [1.54, 1.807) is 54.9 Å². The molecule has 0 bridgehead atoms. The van der Waals surface area contributed by atoms with Crippen molar-refractivity contribution in [1.82, 2.24) is 51.1 Å². The van der Waals surface area contributed by atoms with Gasteiger partial charge in [-0.15, -0.1) is 0 Å². The van der Waals surface area contributed by atoms with Crippen LogP contribution >= 0.6 is 0 Å². The summed E-state index contributed by atoms with van der Waals surface area (Å²) in [5.74, 6) is 0. The lowest BCUT2D eigenvalue weighted by molar-refractivity contribution is 0.0189. The molecule has 0 aliphatic rings. The zero-order valence-corrected chi connectivity index (χ0v) is 53.3. The van der Waals surface area contributed by atoms with Gasteiger partial charge in [0.05, 0.1) is 13.2 Å². The molecule has 0 unspecified atom stereocenters. The highest BCUT2D eigenvalue weighted by atomic mass is 16.6. The predicted octanol–water partition coefficient (Wildman–Crippen LogP) is 7.08. The van der Waals surface area contributed by atoms with Crippen molar-refractivity contribution >= 4 is 30.5 Å². The van der Waals surface area contributed by atoms with Gasteiger partial charge in [0, 0.05) is 132 Å². The third-order valence-corrected chi connectivity index (χ3v) is 8.69. The first kappa shape index (κ1) is 80.9. The van der Waals surface area contributed by atoms with Gasteiger partial charge in [0.25, 0.3) is 0 Å². The van der Waals surface area contributed by atoms with Gasteiger partial charge in [0.2, 0.25) is 0 Å². The lowest BCUT2D eigenvalue weighted by Crippen LogP contribution is -2.44. The molecule has 0 fully saturated rings. The van der Waals surface area contributed by atoms with E-state index in [4.69, 9.17) is 33.5 Å². The van der Waals surface area contributed by atoms with Gasteiger partial charge in [0.1, 0.15) is 28.0 Å². The number of nitrogens with zero attached hydrogens (tertiary/aromatic N) is 5. The second-order valence-electron chi connectivity index (χ2n) is 23.9. The van der Waals surface area contributed by atoms with Crippen molar-refractivity contribution in [3.63, 3.8) is 0 Å². The van der Waals surface area contributed by atoms with Crippen molar-refractivity contribution in [3.8, 4) is 0 Å². The van der Waals surface area contributed by atoms with Crippen molar-refractivity contribution in [2.24, 2.45) is 0 Å². The number of aliphatic hydroxyl groups is 1. The molecule has 0 aliphatic heterocycles. The Morgan fingerprint density at radius 2 is 0.697 bits per heavy atom. The molecule has 22 heteroatoms. The predicted molar refractivity (Wildman–Crippen MR) is 308 cm³/mol. The summed E-state index contributed by atoms with van der Waals surface area (Å²) in [6.45, 7) is 49.3. The van der Waals surface area contributed by atoms with Crippen molar-refractivity contribution in [2.75, 3.05) is 134 Å². The van der Waals surface area contributed by atoms with E-state index >= 15 is 0 Å². The fourth-order valence-corrected chi connectivity index (χ4v) is 4.88. The Balaban J connectivity index is -0.000000277. The maximum absolute atomic E-state index is 12.0. The van der Waals surface area contributed by atoms with Gasteiger partial charge in [-0.25, -0.2) is 24.0 Å². The summed E-state index contributed by atoms with van der Waals surface area (Å²) in [4.78, 5) is 65.7. The zero-order valence-electron chi connectivity index (χ0n) is 53.3. The number of ether oxygens (including phenoxy) is 6. The molecule has 22 nitrogen and oxygen atoms in total. The third kappa shape index (κ3) is 60.9. The van der Waals surface area contributed by atoms with E-state index in [0.717, 1.165) is 32.7 Å². The number of rotatable bonds is 23. The molecule has 5 amide bonds. The van der Waals surface area contributed by atoms with Crippen molar-refractivity contribution in [2.45, 2.75) is 192 Å². The Kier molecular flexibility index (Phi) is 45.8. The van der Waals surface area contributed by atoms with Crippen LogP contribution in [0, 0.1) is 0 Å². The number of aliphatic hydroxyl groups excluding tert-OH is 1. The topological polar surface area (TPSA) is 237 Å². The van der Waals surface area contributed by atoms with Gasteiger partial charge in [-0.2, -0.15) is 0 Å². The first-order valence-electron chi connectivity index (χ1n) is 26.8. The molecule has 76 heavy (non-hydrogen) atoms. The van der Waals surface area contributed by atoms with Crippen molar-refractivity contribution < 1.29 is 57.5 Å². The average Bonchev–Trinajstić information content (AvgIpc) is 3.23. The molecule has 0 rings (SSSR count). The summed E-state index contributed by atoms with van der Waals surface area (Å²) in [5, 5.41) is 24.2. The van der Waals surface area contributed by atoms with Crippen LogP contribution in [-0.2, 0) is 28.4 Å². The normalized spacial score (nSPS) is 11.5. The molecule has 0 aromatic rings. The quantitative estimate of drug-likeness (QED) is 0.0443. The maximum Gasteiger partial charge on any atom is 0.410 e. The molecule has 0 aromatic heterocycles. The summed E-state index contributed by atoms with van der Waals surface area (Å²) >= 11 is 0. The largest absolute Gasteiger partial charge is 0.444 e. The molecular weight excluding hydrogens is 981 g/mol. The Hall–Kier alpha value is -3.93. The Morgan fingerprint density at radius 3 is 0.961 bits per heavy atom. The lowest BCUT2D eigenvalue weighted by Gasteiger charge is -2.30. The fraction of sp³-hybridized carbons (Fsp3) is 0.907. The van der Waals surface area contributed by atoms with E-state index in [9.17, 15) is 24.0 Å². The molecule has 0 saturated carbocycles. The number of hydrogen-bond acceptors (Lipinski definition) is 17. The number of hydrogen-bond donors (Lipinski definition) is 6. The molecule has 0 aliphatic carbocycles. The monoisotopic (exact) mass is 1100 g/mol. The van der Waals surface area contributed by atoms with Crippen LogP contribution in [0.5, 0.6) is 0 Å². The molecule has 0 saturated heterocycles. The second kappa shape index (κ2) is 43.0. The van der Waals surface area contributed by atoms with Crippen LogP contribution in [0.4, 0.5) is 24.0 Å². The first-order valence-corrected chi connectivity index (χ1v) is 26.8. The number of likely N-dealkylation sites (N-methyl/N-ethyl adjacent to an activating group) is 5. The molecule has 456 valence electrons. The number of methoxy groups -OCH3 is 1. The molecule has 0 spiro atoms. The molecule has 0 heterocycles. The highest BCUT2D eigenvalue weighted by Crippen LogP contribution is 2.13. The lowest BCUT2D eigenvalue weighted by atomic mass is 10.2. The van der Waals surface area contributed by atoms with Gasteiger partial charge < -0.3 is 84.6 Å². The van der Waals surface area contributed by atoms with Crippen LogP contribution in [0.15, 0.2) is 0 Å². The third-order valence-electron chi connectivity index (χ3n) is 8.69. The summed E-state index contributed by atoms with van der Waals surface area (Å²) in [6.07, 6.45) is -1.40. The number of carbonyl (C=O) groups excluding carboxylic acids is 5. The molecular formula is C54H118N10O12. The van der Waals surface area contributed by atoms with E-state index in [1.807, 2.05) is 125 Å². The van der Waals surface area contributed by atoms with Gasteiger partial charge >= 0.3 is 30.5 Å². The first-order chi connectivity index (χ1) is 34.4. The SMILES string of the molecule is CC(C)NCCN(C(=O)OC(C)(C)C)C(C)C.CC(C)NCCN(C)C(=O)OC(C)(C)C.CN(CCNCCO)C(=O)OC(C)(C)C.CNCCN(C)C(=O)OC(C)(C)C.COCCNCCN(C)C(=O)OC(C)(C)C. The zero-order chi connectivity index (χ0) is 60.7. The summed E-state index contributed by atoms with van der Waals surface area (Å²) in [5.41, 5.74) is -2.16. The molecule has 6 N–H and O–H groups in total. The minimum absolute atomic E-state index is 0.107.